The molecule has 0 fully saturated rings. The number of methoxy groups -OCH3 is 2. The van der Waals surface area contributed by atoms with Crippen LogP contribution in [0.2, 0.25) is 0 Å². The van der Waals surface area contributed by atoms with E-state index in [-0.39, 0.29) is 11.9 Å². The number of hydrogen-bond acceptors (Lipinski definition) is 3. The van der Waals surface area contributed by atoms with Crippen LogP contribution in [0.1, 0.15) is 42.9 Å². The molecule has 1 atom stereocenters. The minimum absolute atomic E-state index is 0.199. The molecule has 0 saturated heterocycles. The molecule has 0 radical (unpaired) electrons. The maximum absolute atomic E-state index is 12.0. The molecule has 106 valence electrons. The highest BCUT2D eigenvalue weighted by Crippen LogP contribution is 2.34. The van der Waals surface area contributed by atoms with Crippen LogP contribution in [0.4, 0.5) is 0 Å². The monoisotopic (exact) mass is 264 g/mol. The lowest BCUT2D eigenvalue weighted by atomic mass is 9.88. The fraction of sp³-hybridized carbons (Fsp3) is 0.562. The molecule has 0 bridgehead atoms. The Balaban J connectivity index is 3.28. The quantitative estimate of drug-likeness (QED) is 0.762. The van der Waals surface area contributed by atoms with E-state index in [1.807, 2.05) is 26.0 Å². The Kier molecular flexibility index (Phi) is 5.40. The number of carbonyl (C=O) groups excluding carboxylic acids is 1. The third kappa shape index (κ3) is 3.72. The predicted octanol–water partition coefficient (Wildman–Crippen LogP) is 3.61. The molecule has 0 saturated carbocycles. The van der Waals surface area contributed by atoms with E-state index >= 15 is 0 Å². The molecule has 0 heterocycles. The Labute approximate surface area is 115 Å². The van der Waals surface area contributed by atoms with Crippen LogP contribution < -0.4 is 4.74 Å². The first kappa shape index (κ1) is 15.5. The zero-order valence-corrected chi connectivity index (χ0v) is 12.7. The van der Waals surface area contributed by atoms with E-state index in [0.29, 0.717) is 5.92 Å². The normalized spacial score (nSPS) is 12.4. The van der Waals surface area contributed by atoms with Gasteiger partial charge in [0.15, 0.2) is 0 Å². The molecule has 19 heavy (non-hydrogen) atoms. The summed E-state index contributed by atoms with van der Waals surface area (Å²) < 4.78 is 10.4. The molecule has 3 nitrogen and oxygen atoms in total. The van der Waals surface area contributed by atoms with Crippen LogP contribution >= 0.6 is 0 Å². The van der Waals surface area contributed by atoms with Crippen molar-refractivity contribution in [1.82, 2.24) is 0 Å². The van der Waals surface area contributed by atoms with Gasteiger partial charge in [-0.1, -0.05) is 19.9 Å². The van der Waals surface area contributed by atoms with Crippen LogP contribution in [0, 0.1) is 19.8 Å². The second kappa shape index (κ2) is 6.60. The number of aryl methyl sites for hydroxylation is 2. The van der Waals surface area contributed by atoms with E-state index < -0.39 is 0 Å². The van der Waals surface area contributed by atoms with E-state index in [1.54, 1.807) is 7.11 Å². The van der Waals surface area contributed by atoms with Crippen molar-refractivity contribution in [1.29, 1.82) is 0 Å². The molecule has 0 aliphatic heterocycles. The Morgan fingerprint density at radius 1 is 1.16 bits per heavy atom. The van der Waals surface area contributed by atoms with Crippen molar-refractivity contribution in [2.75, 3.05) is 14.2 Å². The number of ether oxygens (including phenoxy) is 2. The topological polar surface area (TPSA) is 35.5 Å². The van der Waals surface area contributed by atoms with Crippen LogP contribution in [0.5, 0.6) is 5.75 Å². The van der Waals surface area contributed by atoms with Crippen molar-refractivity contribution in [2.45, 2.75) is 40.0 Å². The van der Waals surface area contributed by atoms with E-state index in [0.717, 1.165) is 28.9 Å². The van der Waals surface area contributed by atoms with Crippen LogP contribution in [-0.2, 0) is 9.53 Å². The number of rotatable bonds is 5. The molecule has 1 aromatic rings. The minimum Gasteiger partial charge on any atom is -0.496 e. The summed E-state index contributed by atoms with van der Waals surface area (Å²) in [6.07, 6.45) is 0.755. The summed E-state index contributed by atoms with van der Waals surface area (Å²) in [5.41, 5.74) is 3.24. The van der Waals surface area contributed by atoms with E-state index in [1.165, 1.54) is 7.11 Å². The summed E-state index contributed by atoms with van der Waals surface area (Å²) in [7, 11) is 3.07. The number of benzene rings is 1. The predicted molar refractivity (Wildman–Crippen MR) is 76.7 cm³/mol. The molecule has 0 N–H and O–H groups in total. The summed E-state index contributed by atoms with van der Waals surface area (Å²) in [5.74, 6) is 0.712. The third-order valence-electron chi connectivity index (χ3n) is 3.41. The second-order valence-electron chi connectivity index (χ2n) is 5.38. The maximum Gasteiger partial charge on any atom is 0.313 e. The molecule has 1 aromatic carbocycles. The lowest BCUT2D eigenvalue weighted by Crippen LogP contribution is -2.17. The minimum atomic E-state index is -0.265. The van der Waals surface area contributed by atoms with Crippen molar-refractivity contribution >= 4 is 5.97 Å². The Morgan fingerprint density at radius 3 is 2.21 bits per heavy atom. The van der Waals surface area contributed by atoms with Gasteiger partial charge in [0, 0.05) is 5.56 Å². The van der Waals surface area contributed by atoms with Gasteiger partial charge < -0.3 is 9.47 Å². The van der Waals surface area contributed by atoms with Gasteiger partial charge in [-0.15, -0.1) is 0 Å². The zero-order chi connectivity index (χ0) is 14.6. The van der Waals surface area contributed by atoms with Crippen molar-refractivity contribution < 1.29 is 14.3 Å². The number of carbonyl (C=O) groups is 1. The molecule has 0 aromatic heterocycles. The zero-order valence-electron chi connectivity index (χ0n) is 12.7. The summed E-state index contributed by atoms with van der Waals surface area (Å²) in [6.45, 7) is 8.28. The van der Waals surface area contributed by atoms with Crippen LogP contribution in [0.3, 0.4) is 0 Å². The van der Waals surface area contributed by atoms with Crippen molar-refractivity contribution in [3.63, 3.8) is 0 Å². The van der Waals surface area contributed by atoms with Gasteiger partial charge in [-0.05, 0) is 43.4 Å². The van der Waals surface area contributed by atoms with Gasteiger partial charge in [0.2, 0.25) is 0 Å². The van der Waals surface area contributed by atoms with Crippen LogP contribution in [0.25, 0.3) is 0 Å². The van der Waals surface area contributed by atoms with Gasteiger partial charge in [-0.3, -0.25) is 4.79 Å². The molecule has 3 heteroatoms. The van der Waals surface area contributed by atoms with Crippen molar-refractivity contribution in [3.05, 3.63) is 28.8 Å². The highest BCUT2D eigenvalue weighted by atomic mass is 16.5. The first-order valence-electron chi connectivity index (χ1n) is 6.63. The first-order chi connectivity index (χ1) is 8.90. The van der Waals surface area contributed by atoms with Gasteiger partial charge >= 0.3 is 5.97 Å². The van der Waals surface area contributed by atoms with Gasteiger partial charge in [0.25, 0.3) is 0 Å². The van der Waals surface area contributed by atoms with Gasteiger partial charge in [-0.25, -0.2) is 0 Å². The highest BCUT2D eigenvalue weighted by Gasteiger charge is 2.26. The van der Waals surface area contributed by atoms with Crippen LogP contribution in [-0.4, -0.2) is 20.2 Å². The molecule has 1 unspecified atom stereocenters. The van der Waals surface area contributed by atoms with Gasteiger partial charge in [0.05, 0.1) is 20.1 Å². The summed E-state index contributed by atoms with van der Waals surface area (Å²) in [4.78, 5) is 12.0. The Morgan fingerprint density at radius 2 is 1.74 bits per heavy atom. The van der Waals surface area contributed by atoms with Crippen LogP contribution in [0.15, 0.2) is 12.1 Å². The summed E-state index contributed by atoms with van der Waals surface area (Å²) >= 11 is 0. The number of esters is 1. The lowest BCUT2D eigenvalue weighted by molar-refractivity contribution is -0.142. The Hall–Kier alpha value is -1.51. The van der Waals surface area contributed by atoms with E-state index in [2.05, 4.69) is 13.8 Å². The summed E-state index contributed by atoms with van der Waals surface area (Å²) in [5, 5.41) is 0. The second-order valence-corrected chi connectivity index (χ2v) is 5.38. The number of hydrogen-bond donors (Lipinski definition) is 0. The molecule has 1 rings (SSSR count). The Bertz CT molecular complexity index is 450. The first-order valence-corrected chi connectivity index (χ1v) is 6.63. The van der Waals surface area contributed by atoms with E-state index in [4.69, 9.17) is 9.47 Å². The lowest BCUT2D eigenvalue weighted by Gasteiger charge is -2.21. The molecule has 0 aliphatic rings. The largest absolute Gasteiger partial charge is 0.496 e. The molecular weight excluding hydrogens is 240 g/mol. The molecule has 0 aliphatic carbocycles. The molecular formula is C16H24O3. The SMILES string of the molecule is COC(=O)C(CC(C)C)c1cc(C)c(C)cc1OC. The average Bonchev–Trinajstić information content (AvgIpc) is 2.37. The van der Waals surface area contributed by atoms with Crippen molar-refractivity contribution in [2.24, 2.45) is 5.92 Å². The average molecular weight is 264 g/mol. The van der Waals surface area contributed by atoms with E-state index in [9.17, 15) is 4.79 Å². The smallest absolute Gasteiger partial charge is 0.313 e. The highest BCUT2D eigenvalue weighted by molar-refractivity contribution is 5.79. The summed E-state index contributed by atoms with van der Waals surface area (Å²) in [6, 6.07) is 4.03. The molecule has 0 amide bonds. The fourth-order valence-corrected chi connectivity index (χ4v) is 2.22. The fourth-order valence-electron chi connectivity index (χ4n) is 2.22. The maximum atomic E-state index is 12.0. The van der Waals surface area contributed by atoms with Crippen molar-refractivity contribution in [3.8, 4) is 5.75 Å². The third-order valence-corrected chi connectivity index (χ3v) is 3.41. The molecule has 0 spiro atoms. The standard InChI is InChI=1S/C16H24O3/c1-10(2)7-14(16(17)19-6)13-8-11(3)12(4)9-15(13)18-5/h8-10,14H,7H2,1-6H3. The van der Waals surface area contributed by atoms with Gasteiger partial charge in [0.1, 0.15) is 5.75 Å². The van der Waals surface area contributed by atoms with Gasteiger partial charge in [-0.2, -0.15) is 0 Å².